The summed E-state index contributed by atoms with van der Waals surface area (Å²) in [5.41, 5.74) is 3.95. The van der Waals surface area contributed by atoms with Crippen molar-refractivity contribution < 1.29 is 0 Å². The Balaban J connectivity index is 1.81. The van der Waals surface area contributed by atoms with Crippen LogP contribution < -0.4 is 5.32 Å². The molecular weight excluding hydrogens is 230 g/mol. The maximum atomic E-state index is 3.46. The zero-order valence-electron chi connectivity index (χ0n) is 11.7. The average Bonchev–Trinajstić information content (AvgIpc) is 2.48. The average molecular weight is 253 g/mol. The third-order valence-electron chi connectivity index (χ3n) is 3.36. The molecule has 0 fully saturated rings. The van der Waals surface area contributed by atoms with Gasteiger partial charge in [-0.3, -0.25) is 0 Å². The maximum absolute atomic E-state index is 3.46. The molecule has 1 heteroatoms. The minimum absolute atomic E-state index is 0.885. The van der Waals surface area contributed by atoms with Gasteiger partial charge in [0.15, 0.2) is 0 Å². The van der Waals surface area contributed by atoms with Crippen LogP contribution in [-0.4, -0.2) is 0 Å². The van der Waals surface area contributed by atoms with Crippen molar-refractivity contribution in [3.8, 4) is 0 Å². The smallest absolute Gasteiger partial charge is 0.0400 e. The summed E-state index contributed by atoms with van der Waals surface area (Å²) in [6, 6.07) is 19.3. The number of anilines is 1. The van der Waals surface area contributed by atoms with Crippen molar-refractivity contribution in [2.24, 2.45) is 0 Å². The number of nitrogens with one attached hydrogen (secondary N) is 1. The lowest BCUT2D eigenvalue weighted by Gasteiger charge is -2.07. The van der Waals surface area contributed by atoms with Crippen molar-refractivity contribution in [1.29, 1.82) is 0 Å². The van der Waals surface area contributed by atoms with Crippen LogP contribution in [-0.2, 0) is 13.0 Å². The summed E-state index contributed by atoms with van der Waals surface area (Å²) in [6.45, 7) is 3.13. The summed E-state index contributed by atoms with van der Waals surface area (Å²) in [5, 5.41) is 3.46. The van der Waals surface area contributed by atoms with Crippen molar-refractivity contribution in [3.63, 3.8) is 0 Å². The Labute approximate surface area is 116 Å². The normalized spacial score (nSPS) is 10.4. The highest BCUT2D eigenvalue weighted by Crippen LogP contribution is 2.13. The lowest BCUT2D eigenvalue weighted by Crippen LogP contribution is -1.99. The second kappa shape index (κ2) is 7.63. The first-order valence-corrected chi connectivity index (χ1v) is 7.25. The van der Waals surface area contributed by atoms with E-state index >= 15 is 0 Å². The first-order chi connectivity index (χ1) is 9.38. The summed E-state index contributed by atoms with van der Waals surface area (Å²) in [6.07, 6.45) is 5.12. The highest BCUT2D eigenvalue weighted by atomic mass is 14.9. The molecule has 2 aromatic carbocycles. The Morgan fingerprint density at radius 2 is 1.53 bits per heavy atom. The van der Waals surface area contributed by atoms with Gasteiger partial charge in [-0.1, -0.05) is 62.2 Å². The molecule has 2 rings (SSSR count). The molecule has 0 unspecified atom stereocenters. The second-order valence-electron chi connectivity index (χ2n) is 4.99. The van der Waals surface area contributed by atoms with Crippen LogP contribution >= 0.6 is 0 Å². The van der Waals surface area contributed by atoms with Crippen LogP contribution in [0, 0.1) is 0 Å². The lowest BCUT2D eigenvalue weighted by atomic mass is 10.1. The van der Waals surface area contributed by atoms with E-state index in [4.69, 9.17) is 0 Å². The fourth-order valence-corrected chi connectivity index (χ4v) is 2.17. The van der Waals surface area contributed by atoms with Gasteiger partial charge < -0.3 is 5.32 Å². The fourth-order valence-electron chi connectivity index (χ4n) is 2.17. The number of benzene rings is 2. The van der Waals surface area contributed by atoms with E-state index in [9.17, 15) is 0 Å². The quantitative estimate of drug-likeness (QED) is 0.682. The molecule has 0 bridgehead atoms. The van der Waals surface area contributed by atoms with Crippen LogP contribution in [0.4, 0.5) is 5.69 Å². The molecular formula is C18H23N. The SMILES string of the molecule is CCCCCc1ccc(NCc2ccccc2)cc1. The third-order valence-corrected chi connectivity index (χ3v) is 3.36. The highest BCUT2D eigenvalue weighted by Gasteiger charge is 1.96. The second-order valence-corrected chi connectivity index (χ2v) is 4.99. The van der Waals surface area contributed by atoms with Gasteiger partial charge in [0.05, 0.1) is 0 Å². The van der Waals surface area contributed by atoms with Crippen LogP contribution in [0.3, 0.4) is 0 Å². The number of rotatable bonds is 7. The molecule has 0 spiro atoms. The molecule has 0 aromatic heterocycles. The third kappa shape index (κ3) is 4.78. The maximum Gasteiger partial charge on any atom is 0.0400 e. The summed E-state index contributed by atoms with van der Waals surface area (Å²) in [7, 11) is 0. The Morgan fingerprint density at radius 1 is 0.789 bits per heavy atom. The van der Waals surface area contributed by atoms with Crippen LogP contribution in [0.25, 0.3) is 0 Å². The van der Waals surface area contributed by atoms with Gasteiger partial charge >= 0.3 is 0 Å². The Kier molecular flexibility index (Phi) is 5.49. The number of aryl methyl sites for hydroxylation is 1. The van der Waals surface area contributed by atoms with Gasteiger partial charge in [0.1, 0.15) is 0 Å². The van der Waals surface area contributed by atoms with Crippen molar-refractivity contribution in [2.45, 2.75) is 39.2 Å². The van der Waals surface area contributed by atoms with E-state index < -0.39 is 0 Å². The highest BCUT2D eigenvalue weighted by molar-refractivity contribution is 5.45. The van der Waals surface area contributed by atoms with E-state index in [2.05, 4.69) is 66.8 Å². The van der Waals surface area contributed by atoms with Crippen molar-refractivity contribution in [2.75, 3.05) is 5.32 Å². The van der Waals surface area contributed by atoms with Crippen molar-refractivity contribution in [3.05, 3.63) is 65.7 Å². The van der Waals surface area contributed by atoms with Crippen LogP contribution in [0.15, 0.2) is 54.6 Å². The summed E-state index contributed by atoms with van der Waals surface area (Å²) < 4.78 is 0. The Bertz CT molecular complexity index is 459. The Morgan fingerprint density at radius 3 is 2.21 bits per heavy atom. The van der Waals surface area contributed by atoms with E-state index in [1.54, 1.807) is 0 Å². The van der Waals surface area contributed by atoms with E-state index in [1.807, 2.05) is 0 Å². The molecule has 0 atom stereocenters. The largest absolute Gasteiger partial charge is 0.381 e. The molecule has 2 aromatic rings. The molecule has 0 saturated heterocycles. The van der Waals surface area contributed by atoms with E-state index in [-0.39, 0.29) is 0 Å². The van der Waals surface area contributed by atoms with Crippen molar-refractivity contribution in [1.82, 2.24) is 0 Å². The molecule has 0 radical (unpaired) electrons. The predicted octanol–water partition coefficient (Wildman–Crippen LogP) is 5.03. The van der Waals surface area contributed by atoms with Gasteiger partial charge in [-0.05, 0) is 36.1 Å². The predicted molar refractivity (Wildman–Crippen MR) is 83.4 cm³/mol. The lowest BCUT2D eigenvalue weighted by molar-refractivity contribution is 0.717. The molecule has 0 amide bonds. The van der Waals surface area contributed by atoms with Gasteiger partial charge in [-0.2, -0.15) is 0 Å². The van der Waals surface area contributed by atoms with Gasteiger partial charge in [0.25, 0.3) is 0 Å². The van der Waals surface area contributed by atoms with Crippen LogP contribution in [0.1, 0.15) is 37.3 Å². The van der Waals surface area contributed by atoms with Gasteiger partial charge in [0, 0.05) is 12.2 Å². The molecule has 1 N–H and O–H groups in total. The Hall–Kier alpha value is -1.76. The van der Waals surface area contributed by atoms with Gasteiger partial charge in [-0.25, -0.2) is 0 Å². The molecule has 19 heavy (non-hydrogen) atoms. The monoisotopic (exact) mass is 253 g/mol. The van der Waals surface area contributed by atoms with Crippen LogP contribution in [0.5, 0.6) is 0 Å². The topological polar surface area (TPSA) is 12.0 Å². The molecule has 0 saturated carbocycles. The molecule has 1 nitrogen and oxygen atoms in total. The van der Waals surface area contributed by atoms with Crippen molar-refractivity contribution >= 4 is 5.69 Å². The molecule has 0 heterocycles. The fraction of sp³-hybridized carbons (Fsp3) is 0.333. The van der Waals surface area contributed by atoms with Gasteiger partial charge in [0.2, 0.25) is 0 Å². The molecule has 0 aliphatic heterocycles. The minimum atomic E-state index is 0.885. The molecule has 0 aliphatic carbocycles. The zero-order chi connectivity index (χ0) is 13.3. The summed E-state index contributed by atoms with van der Waals surface area (Å²) in [4.78, 5) is 0. The van der Waals surface area contributed by atoms with Crippen LogP contribution in [0.2, 0.25) is 0 Å². The number of unbranched alkanes of at least 4 members (excludes halogenated alkanes) is 2. The summed E-state index contributed by atoms with van der Waals surface area (Å²) in [5.74, 6) is 0. The number of hydrogen-bond acceptors (Lipinski definition) is 1. The first kappa shape index (κ1) is 13.7. The molecule has 0 aliphatic rings. The first-order valence-electron chi connectivity index (χ1n) is 7.25. The van der Waals surface area contributed by atoms with E-state index in [1.165, 1.54) is 42.5 Å². The van der Waals surface area contributed by atoms with E-state index in [0.29, 0.717) is 0 Å². The minimum Gasteiger partial charge on any atom is -0.381 e. The molecule has 100 valence electrons. The van der Waals surface area contributed by atoms with E-state index in [0.717, 1.165) is 6.54 Å². The number of hydrogen-bond donors (Lipinski definition) is 1. The zero-order valence-corrected chi connectivity index (χ0v) is 11.7. The van der Waals surface area contributed by atoms with Gasteiger partial charge in [-0.15, -0.1) is 0 Å². The standard InChI is InChI=1S/C18H23N/c1-2-3-5-8-16-11-13-18(14-12-16)19-15-17-9-6-4-7-10-17/h4,6-7,9-14,19H,2-3,5,8,15H2,1H3. The summed E-state index contributed by atoms with van der Waals surface area (Å²) >= 11 is 0.